The van der Waals surface area contributed by atoms with Gasteiger partial charge in [0.2, 0.25) is 0 Å². The van der Waals surface area contributed by atoms with Gasteiger partial charge in [0.05, 0.1) is 17.2 Å². The number of nitro benzene ring substituents is 1. The molecule has 3 aromatic rings. The van der Waals surface area contributed by atoms with E-state index in [1.807, 2.05) is 6.92 Å². The first-order valence-corrected chi connectivity index (χ1v) is 9.32. The summed E-state index contributed by atoms with van der Waals surface area (Å²) in [5, 5.41) is 33.9. The number of ether oxygens (including phenoxy) is 1. The minimum absolute atomic E-state index is 0.106. The average molecular weight is 432 g/mol. The van der Waals surface area contributed by atoms with Gasteiger partial charge in [0.15, 0.2) is 5.69 Å². The van der Waals surface area contributed by atoms with Crippen LogP contribution in [-0.2, 0) is 0 Å². The fourth-order valence-corrected chi connectivity index (χ4v) is 2.88. The maximum Gasteiger partial charge on any atom is 0.357 e. The summed E-state index contributed by atoms with van der Waals surface area (Å²) >= 11 is 0. The van der Waals surface area contributed by atoms with Crippen LogP contribution in [0.25, 0.3) is 17.8 Å². The van der Waals surface area contributed by atoms with Gasteiger partial charge < -0.3 is 9.84 Å². The van der Waals surface area contributed by atoms with Gasteiger partial charge in [0.25, 0.3) is 11.2 Å². The number of aromatic nitrogens is 2. The summed E-state index contributed by atoms with van der Waals surface area (Å²) in [6.45, 7) is 2.27. The number of nitro groups is 1. The molecule has 1 heterocycles. The Bertz CT molecular complexity index is 1300. The smallest absolute Gasteiger partial charge is 0.357 e. The first kappa shape index (κ1) is 21.9. The highest BCUT2D eigenvalue weighted by atomic mass is 16.6. The predicted molar refractivity (Wildman–Crippen MR) is 115 cm³/mol. The minimum atomic E-state index is -1.43. The molecule has 0 spiro atoms. The zero-order valence-corrected chi connectivity index (χ0v) is 16.8. The van der Waals surface area contributed by atoms with Crippen LogP contribution in [0, 0.1) is 21.4 Å². The molecule has 0 unspecified atom stereocenters. The van der Waals surface area contributed by atoms with Crippen LogP contribution in [0.2, 0.25) is 0 Å². The molecular formula is C22H16N4O6. The zero-order chi connectivity index (χ0) is 23.3. The number of rotatable bonds is 7. The summed E-state index contributed by atoms with van der Waals surface area (Å²) < 4.78 is 6.19. The monoisotopic (exact) mass is 432 g/mol. The van der Waals surface area contributed by atoms with Gasteiger partial charge in [-0.25, -0.2) is 4.79 Å². The minimum Gasteiger partial charge on any atom is -0.494 e. The number of nitrogens with zero attached hydrogens (tertiary/aromatic N) is 4. The molecule has 10 nitrogen and oxygen atoms in total. The molecule has 0 saturated heterocycles. The second kappa shape index (κ2) is 9.36. The number of aromatic carboxylic acids is 1. The van der Waals surface area contributed by atoms with Gasteiger partial charge in [-0.2, -0.15) is 15.0 Å². The molecule has 0 amide bonds. The van der Waals surface area contributed by atoms with Crippen molar-refractivity contribution in [1.82, 2.24) is 9.78 Å². The van der Waals surface area contributed by atoms with Crippen LogP contribution in [0.15, 0.2) is 53.3 Å². The summed E-state index contributed by atoms with van der Waals surface area (Å²) in [5.74, 6) is -0.865. The van der Waals surface area contributed by atoms with Gasteiger partial charge >= 0.3 is 5.97 Å². The third-order valence-corrected chi connectivity index (χ3v) is 4.38. The van der Waals surface area contributed by atoms with Crippen LogP contribution in [0.5, 0.6) is 5.75 Å². The van der Waals surface area contributed by atoms with E-state index >= 15 is 0 Å². The molecule has 2 aromatic carbocycles. The van der Waals surface area contributed by atoms with Crippen LogP contribution in [-0.4, -0.2) is 32.4 Å². The van der Waals surface area contributed by atoms with Gasteiger partial charge in [-0.1, -0.05) is 12.2 Å². The molecule has 1 aromatic heterocycles. The van der Waals surface area contributed by atoms with Crippen LogP contribution < -0.4 is 10.3 Å². The SMILES string of the molecule is CCOc1ccc(-n2nc(C(=O)O)c(/C=C\c3ccc([N+](=O)[O-])cc3)c(C#N)c2=O)cc1. The van der Waals surface area contributed by atoms with Gasteiger partial charge in [-0.15, -0.1) is 0 Å². The lowest BCUT2D eigenvalue weighted by Gasteiger charge is -2.10. The Morgan fingerprint density at radius 2 is 1.88 bits per heavy atom. The molecule has 0 aliphatic rings. The normalized spacial score (nSPS) is 10.6. The lowest BCUT2D eigenvalue weighted by Crippen LogP contribution is -2.28. The standard InChI is InChI=1S/C22H16N4O6/c1-2-32-17-10-8-15(9-11-17)25-21(27)19(13-23)18(20(24-25)22(28)29)12-5-14-3-6-16(7-4-14)26(30)31/h3-12H,2H2,1H3,(H,28,29)/b12-5-. The van der Waals surface area contributed by atoms with Crippen molar-refractivity contribution in [3.05, 3.63) is 91.4 Å². The third kappa shape index (κ3) is 4.52. The van der Waals surface area contributed by atoms with Crippen molar-refractivity contribution in [2.75, 3.05) is 6.61 Å². The predicted octanol–water partition coefficient (Wildman–Crippen LogP) is 3.28. The van der Waals surface area contributed by atoms with E-state index in [1.165, 1.54) is 48.6 Å². The molecule has 3 rings (SSSR count). The van der Waals surface area contributed by atoms with Crippen molar-refractivity contribution in [3.8, 4) is 17.5 Å². The van der Waals surface area contributed by atoms with Crippen LogP contribution in [0.3, 0.4) is 0 Å². The molecule has 10 heteroatoms. The highest BCUT2D eigenvalue weighted by Gasteiger charge is 2.21. The highest BCUT2D eigenvalue weighted by Crippen LogP contribution is 2.19. The molecular weight excluding hydrogens is 416 g/mol. The maximum absolute atomic E-state index is 12.9. The molecule has 0 saturated carbocycles. The topological polar surface area (TPSA) is 148 Å². The Morgan fingerprint density at radius 1 is 1.22 bits per heavy atom. The first-order valence-electron chi connectivity index (χ1n) is 9.32. The summed E-state index contributed by atoms with van der Waals surface area (Å²) in [6, 6.07) is 13.5. The number of hydrogen-bond acceptors (Lipinski definition) is 7. The lowest BCUT2D eigenvalue weighted by molar-refractivity contribution is -0.384. The largest absolute Gasteiger partial charge is 0.494 e. The fourth-order valence-electron chi connectivity index (χ4n) is 2.88. The fraction of sp³-hybridized carbons (Fsp3) is 0.0909. The summed E-state index contributed by atoms with van der Waals surface area (Å²) in [4.78, 5) is 34.9. The lowest BCUT2D eigenvalue weighted by atomic mass is 10.1. The Morgan fingerprint density at radius 3 is 2.41 bits per heavy atom. The number of hydrogen-bond donors (Lipinski definition) is 1. The number of carboxylic acid groups (broad SMARTS) is 1. The Labute approximate surface area is 181 Å². The molecule has 0 radical (unpaired) electrons. The van der Waals surface area contributed by atoms with Gasteiger partial charge in [-0.3, -0.25) is 14.9 Å². The third-order valence-electron chi connectivity index (χ3n) is 4.38. The van der Waals surface area contributed by atoms with Gasteiger partial charge in [-0.05, 0) is 48.9 Å². The van der Waals surface area contributed by atoms with Crippen LogP contribution >= 0.6 is 0 Å². The van der Waals surface area contributed by atoms with Crippen molar-refractivity contribution in [2.45, 2.75) is 6.92 Å². The molecule has 32 heavy (non-hydrogen) atoms. The van der Waals surface area contributed by atoms with Crippen molar-refractivity contribution >= 4 is 23.8 Å². The average Bonchev–Trinajstić information content (AvgIpc) is 2.78. The first-order chi connectivity index (χ1) is 15.3. The molecule has 0 atom stereocenters. The van der Waals surface area contributed by atoms with E-state index in [2.05, 4.69) is 5.10 Å². The molecule has 1 N–H and O–H groups in total. The zero-order valence-electron chi connectivity index (χ0n) is 16.8. The second-order valence-corrected chi connectivity index (χ2v) is 6.38. The van der Waals surface area contributed by atoms with E-state index < -0.39 is 27.7 Å². The number of carbonyl (C=O) groups is 1. The van der Waals surface area contributed by atoms with Gasteiger partial charge in [0.1, 0.15) is 17.4 Å². The summed E-state index contributed by atoms with van der Waals surface area (Å²) in [6.07, 6.45) is 2.72. The van der Waals surface area contributed by atoms with E-state index in [0.29, 0.717) is 17.9 Å². The number of benzene rings is 2. The van der Waals surface area contributed by atoms with Crippen molar-refractivity contribution in [2.24, 2.45) is 0 Å². The maximum atomic E-state index is 12.9. The van der Waals surface area contributed by atoms with Crippen molar-refractivity contribution in [3.63, 3.8) is 0 Å². The highest BCUT2D eigenvalue weighted by molar-refractivity contribution is 5.92. The second-order valence-electron chi connectivity index (χ2n) is 6.38. The van der Waals surface area contributed by atoms with E-state index in [9.17, 15) is 30.1 Å². The number of non-ortho nitro benzene ring substituents is 1. The number of carboxylic acids is 1. The molecule has 0 fully saturated rings. The van der Waals surface area contributed by atoms with Crippen LogP contribution in [0.4, 0.5) is 5.69 Å². The van der Waals surface area contributed by atoms with Crippen molar-refractivity contribution in [1.29, 1.82) is 5.26 Å². The summed E-state index contributed by atoms with van der Waals surface area (Å²) in [5.41, 5.74) is -1.17. The van der Waals surface area contributed by atoms with E-state index in [-0.39, 0.29) is 16.9 Å². The quantitative estimate of drug-likeness (QED) is 0.442. The van der Waals surface area contributed by atoms with E-state index in [1.54, 1.807) is 18.2 Å². The molecule has 0 aliphatic carbocycles. The van der Waals surface area contributed by atoms with E-state index in [0.717, 1.165) is 4.68 Å². The Hall–Kier alpha value is -4.78. The van der Waals surface area contributed by atoms with Crippen molar-refractivity contribution < 1.29 is 19.6 Å². The Kier molecular flexibility index (Phi) is 6.41. The molecule has 0 bridgehead atoms. The molecule has 160 valence electrons. The van der Waals surface area contributed by atoms with E-state index in [4.69, 9.17) is 4.74 Å². The molecule has 0 aliphatic heterocycles. The number of nitriles is 1. The Balaban J connectivity index is 2.10. The van der Waals surface area contributed by atoms with Crippen LogP contribution in [0.1, 0.15) is 34.1 Å². The van der Waals surface area contributed by atoms with Gasteiger partial charge in [0, 0.05) is 17.7 Å². The summed E-state index contributed by atoms with van der Waals surface area (Å²) in [7, 11) is 0.